The number of nitrogens with one attached hydrogen (secondary N) is 1. The quantitative estimate of drug-likeness (QED) is 0.655. The van der Waals surface area contributed by atoms with Crippen LogP contribution in [0, 0.1) is 0 Å². The second-order valence-corrected chi connectivity index (χ2v) is 3.71. The minimum Gasteiger partial charge on any atom is -0.348 e. The second-order valence-electron chi connectivity index (χ2n) is 3.71. The van der Waals surface area contributed by atoms with Crippen molar-refractivity contribution in [3.8, 4) is 0 Å². The predicted octanol–water partition coefficient (Wildman–Crippen LogP) is 0.177. The summed E-state index contributed by atoms with van der Waals surface area (Å²) in [6, 6.07) is 0. The van der Waals surface area contributed by atoms with Crippen molar-refractivity contribution < 1.29 is 9.59 Å². The Labute approximate surface area is 84.7 Å². The van der Waals surface area contributed by atoms with Crippen molar-refractivity contribution in [2.45, 2.75) is 26.2 Å². The molecule has 1 N–H and O–H groups in total. The summed E-state index contributed by atoms with van der Waals surface area (Å²) in [4.78, 5) is 23.8. The van der Waals surface area contributed by atoms with Gasteiger partial charge in [0, 0.05) is 20.0 Å². The zero-order chi connectivity index (χ0) is 10.4. The highest BCUT2D eigenvalue weighted by Crippen LogP contribution is 2.07. The van der Waals surface area contributed by atoms with E-state index in [0.717, 1.165) is 19.6 Å². The zero-order valence-electron chi connectivity index (χ0n) is 8.71. The Morgan fingerprint density at radius 3 is 2.43 bits per heavy atom. The standard InChI is InChI=1S/C10H18N2O2/c1-9(13)10(14)11-5-8-12-6-3-2-4-7-12/h2-8H2,1H3,(H,11,14). The summed E-state index contributed by atoms with van der Waals surface area (Å²) in [6.07, 6.45) is 3.82. The topological polar surface area (TPSA) is 49.4 Å². The fourth-order valence-electron chi connectivity index (χ4n) is 1.64. The first-order valence-electron chi connectivity index (χ1n) is 5.21. The Kier molecular flexibility index (Phi) is 4.59. The van der Waals surface area contributed by atoms with Crippen LogP contribution in [-0.2, 0) is 9.59 Å². The molecule has 1 saturated heterocycles. The number of rotatable bonds is 4. The molecule has 0 atom stereocenters. The number of hydrogen-bond donors (Lipinski definition) is 1. The van der Waals surface area contributed by atoms with Gasteiger partial charge in [0.25, 0.3) is 5.91 Å². The van der Waals surface area contributed by atoms with Gasteiger partial charge in [-0.25, -0.2) is 0 Å². The maximum atomic E-state index is 10.9. The van der Waals surface area contributed by atoms with Gasteiger partial charge >= 0.3 is 0 Å². The van der Waals surface area contributed by atoms with E-state index in [1.54, 1.807) is 0 Å². The maximum Gasteiger partial charge on any atom is 0.287 e. The predicted molar refractivity (Wildman–Crippen MR) is 54.0 cm³/mol. The molecule has 1 aliphatic rings. The van der Waals surface area contributed by atoms with Crippen LogP contribution in [0.1, 0.15) is 26.2 Å². The number of piperidine rings is 1. The Hall–Kier alpha value is -0.900. The first-order valence-corrected chi connectivity index (χ1v) is 5.21. The molecule has 0 bridgehead atoms. The van der Waals surface area contributed by atoms with Gasteiger partial charge in [-0.15, -0.1) is 0 Å². The third-order valence-corrected chi connectivity index (χ3v) is 2.48. The minimum atomic E-state index is -0.470. The van der Waals surface area contributed by atoms with E-state index in [1.165, 1.54) is 26.2 Å². The molecule has 1 heterocycles. The van der Waals surface area contributed by atoms with Gasteiger partial charge in [0.15, 0.2) is 0 Å². The van der Waals surface area contributed by atoms with Crippen molar-refractivity contribution in [2.24, 2.45) is 0 Å². The van der Waals surface area contributed by atoms with E-state index in [4.69, 9.17) is 0 Å². The second kappa shape index (κ2) is 5.75. The average Bonchev–Trinajstić information content (AvgIpc) is 2.19. The van der Waals surface area contributed by atoms with Crippen molar-refractivity contribution in [2.75, 3.05) is 26.2 Å². The molecule has 0 saturated carbocycles. The Balaban J connectivity index is 2.08. The van der Waals surface area contributed by atoms with E-state index < -0.39 is 11.7 Å². The smallest absolute Gasteiger partial charge is 0.287 e. The lowest BCUT2D eigenvalue weighted by molar-refractivity contribution is -0.136. The lowest BCUT2D eigenvalue weighted by Gasteiger charge is -2.26. The van der Waals surface area contributed by atoms with E-state index in [9.17, 15) is 9.59 Å². The molecule has 0 unspecified atom stereocenters. The van der Waals surface area contributed by atoms with Gasteiger partial charge in [-0.05, 0) is 25.9 Å². The third-order valence-electron chi connectivity index (χ3n) is 2.48. The number of carbonyl (C=O) groups excluding carboxylic acids is 2. The average molecular weight is 198 g/mol. The number of nitrogens with zero attached hydrogens (tertiary/aromatic N) is 1. The molecule has 0 aromatic heterocycles. The minimum absolute atomic E-state index is 0.413. The van der Waals surface area contributed by atoms with Crippen LogP contribution in [0.4, 0.5) is 0 Å². The largest absolute Gasteiger partial charge is 0.348 e. The van der Waals surface area contributed by atoms with Gasteiger partial charge in [0.2, 0.25) is 5.78 Å². The molecule has 0 aliphatic carbocycles. The summed E-state index contributed by atoms with van der Waals surface area (Å²) in [6.45, 7) is 4.97. The first-order chi connectivity index (χ1) is 6.70. The van der Waals surface area contributed by atoms with Crippen molar-refractivity contribution in [3.05, 3.63) is 0 Å². The van der Waals surface area contributed by atoms with Crippen LogP contribution in [0.15, 0.2) is 0 Å². The Morgan fingerprint density at radius 1 is 1.21 bits per heavy atom. The molecule has 0 radical (unpaired) electrons. The number of likely N-dealkylation sites (tertiary alicyclic amines) is 1. The monoisotopic (exact) mass is 198 g/mol. The molecule has 0 spiro atoms. The third kappa shape index (κ3) is 3.87. The summed E-state index contributed by atoms with van der Waals surface area (Å²) in [7, 11) is 0. The summed E-state index contributed by atoms with van der Waals surface area (Å²) >= 11 is 0. The fourth-order valence-corrected chi connectivity index (χ4v) is 1.64. The molecular weight excluding hydrogens is 180 g/mol. The van der Waals surface area contributed by atoms with Gasteiger partial charge < -0.3 is 10.2 Å². The van der Waals surface area contributed by atoms with E-state index in [2.05, 4.69) is 10.2 Å². The molecule has 1 rings (SSSR count). The van der Waals surface area contributed by atoms with Crippen LogP contribution in [0.25, 0.3) is 0 Å². The van der Waals surface area contributed by atoms with Crippen molar-refractivity contribution in [1.29, 1.82) is 0 Å². The highest BCUT2D eigenvalue weighted by Gasteiger charge is 2.10. The van der Waals surface area contributed by atoms with E-state index in [-0.39, 0.29) is 0 Å². The summed E-state index contributed by atoms with van der Waals surface area (Å²) in [5.41, 5.74) is 0. The first kappa shape index (κ1) is 11.2. The Bertz CT molecular complexity index is 210. The molecule has 1 amide bonds. The fraction of sp³-hybridized carbons (Fsp3) is 0.800. The summed E-state index contributed by atoms with van der Waals surface area (Å²) < 4.78 is 0. The number of carbonyl (C=O) groups is 2. The molecule has 80 valence electrons. The zero-order valence-corrected chi connectivity index (χ0v) is 8.71. The molecule has 0 aromatic rings. The number of ketones is 1. The molecule has 1 fully saturated rings. The highest BCUT2D eigenvalue weighted by molar-refractivity contribution is 6.35. The molecule has 0 aromatic carbocycles. The van der Waals surface area contributed by atoms with Gasteiger partial charge in [-0.1, -0.05) is 6.42 Å². The lowest BCUT2D eigenvalue weighted by atomic mass is 10.1. The summed E-state index contributed by atoms with van der Waals surface area (Å²) in [5.74, 6) is -0.884. The molecule has 14 heavy (non-hydrogen) atoms. The SMILES string of the molecule is CC(=O)C(=O)NCCN1CCCCC1. The van der Waals surface area contributed by atoms with Crippen LogP contribution >= 0.6 is 0 Å². The molecule has 4 nitrogen and oxygen atoms in total. The van der Waals surface area contributed by atoms with E-state index in [0.29, 0.717) is 6.54 Å². The van der Waals surface area contributed by atoms with Crippen molar-refractivity contribution in [1.82, 2.24) is 10.2 Å². The molecule has 4 heteroatoms. The van der Waals surface area contributed by atoms with Crippen LogP contribution < -0.4 is 5.32 Å². The van der Waals surface area contributed by atoms with Crippen molar-refractivity contribution in [3.63, 3.8) is 0 Å². The van der Waals surface area contributed by atoms with E-state index >= 15 is 0 Å². The van der Waals surface area contributed by atoms with Gasteiger partial charge in [0.1, 0.15) is 0 Å². The maximum absolute atomic E-state index is 10.9. The number of amides is 1. The van der Waals surface area contributed by atoms with Crippen LogP contribution in [0.5, 0.6) is 0 Å². The normalized spacial score (nSPS) is 17.8. The molecule has 1 aliphatic heterocycles. The van der Waals surface area contributed by atoms with Crippen molar-refractivity contribution >= 4 is 11.7 Å². The van der Waals surface area contributed by atoms with Gasteiger partial charge in [-0.2, -0.15) is 0 Å². The van der Waals surface area contributed by atoms with Crippen LogP contribution in [-0.4, -0.2) is 42.8 Å². The number of Topliss-reactive ketones (excluding diaryl/α,β-unsaturated/α-hetero) is 1. The van der Waals surface area contributed by atoms with E-state index in [1.807, 2.05) is 0 Å². The molecular formula is C10H18N2O2. The van der Waals surface area contributed by atoms with Crippen LogP contribution in [0.2, 0.25) is 0 Å². The van der Waals surface area contributed by atoms with Crippen LogP contribution in [0.3, 0.4) is 0 Å². The highest BCUT2D eigenvalue weighted by atomic mass is 16.2. The lowest BCUT2D eigenvalue weighted by Crippen LogP contribution is -2.39. The Morgan fingerprint density at radius 2 is 1.86 bits per heavy atom. The van der Waals surface area contributed by atoms with Gasteiger partial charge in [-0.3, -0.25) is 9.59 Å². The van der Waals surface area contributed by atoms with Gasteiger partial charge in [0.05, 0.1) is 0 Å². The number of hydrogen-bond acceptors (Lipinski definition) is 3. The summed E-state index contributed by atoms with van der Waals surface area (Å²) in [5, 5.41) is 2.60.